The zero-order chi connectivity index (χ0) is 19.8. The van der Waals surface area contributed by atoms with E-state index in [4.69, 9.17) is 4.74 Å². The molecule has 1 fully saturated rings. The van der Waals surface area contributed by atoms with E-state index < -0.39 is 28.9 Å². The van der Waals surface area contributed by atoms with E-state index in [0.29, 0.717) is 0 Å². The zero-order valence-electron chi connectivity index (χ0n) is 13.9. The molecule has 0 amide bonds. The molecular formula is C14H17N4O8P. The standard InChI is InChI=1S/C14H17N4O8P/c19-12-13(20)17-11-8(5-9(18(21)22)6-10(11)16-12)7-15-14(27(23,24)25)1-3-26-4-2-14/h5-6,15H,1-4,7H2,(H,16,19)(H,17,20)(H2,23,24,25). The summed E-state index contributed by atoms with van der Waals surface area (Å²) in [6.45, 7) is 0.126. The number of nitrogens with one attached hydrogen (secondary N) is 3. The van der Waals surface area contributed by atoms with E-state index in [-0.39, 0.29) is 54.9 Å². The number of fused-ring (bicyclic) bond motifs is 1. The minimum atomic E-state index is -4.57. The predicted molar refractivity (Wildman–Crippen MR) is 93.5 cm³/mol. The van der Waals surface area contributed by atoms with Gasteiger partial charge in [-0.3, -0.25) is 29.6 Å². The van der Waals surface area contributed by atoms with Crippen molar-refractivity contribution in [1.82, 2.24) is 15.3 Å². The van der Waals surface area contributed by atoms with Gasteiger partial charge in [-0.15, -0.1) is 0 Å². The molecule has 1 aliphatic rings. The van der Waals surface area contributed by atoms with E-state index >= 15 is 0 Å². The molecule has 0 bridgehead atoms. The zero-order valence-corrected chi connectivity index (χ0v) is 14.8. The van der Waals surface area contributed by atoms with Crippen LogP contribution in [0.25, 0.3) is 11.0 Å². The van der Waals surface area contributed by atoms with Crippen LogP contribution in [0.4, 0.5) is 5.69 Å². The van der Waals surface area contributed by atoms with Gasteiger partial charge in [0.15, 0.2) is 0 Å². The molecule has 12 nitrogen and oxygen atoms in total. The first-order valence-corrected chi connectivity index (χ1v) is 9.56. The Hall–Kier alpha value is -2.37. The average molecular weight is 400 g/mol. The summed E-state index contributed by atoms with van der Waals surface area (Å²) in [6, 6.07) is 2.28. The van der Waals surface area contributed by atoms with Gasteiger partial charge < -0.3 is 24.5 Å². The van der Waals surface area contributed by atoms with Crippen molar-refractivity contribution in [3.63, 3.8) is 0 Å². The average Bonchev–Trinajstić information content (AvgIpc) is 2.60. The van der Waals surface area contributed by atoms with Crippen molar-refractivity contribution in [3.8, 4) is 0 Å². The Morgan fingerprint density at radius 3 is 2.44 bits per heavy atom. The topological polar surface area (TPSA) is 188 Å². The number of rotatable bonds is 5. The van der Waals surface area contributed by atoms with Crippen LogP contribution >= 0.6 is 7.60 Å². The van der Waals surface area contributed by atoms with Crippen molar-refractivity contribution >= 4 is 24.3 Å². The third-order valence-electron chi connectivity index (χ3n) is 4.59. The molecule has 1 aliphatic heterocycles. The third-order valence-corrected chi connectivity index (χ3v) is 6.31. The lowest BCUT2D eigenvalue weighted by molar-refractivity contribution is -0.384. The summed E-state index contributed by atoms with van der Waals surface area (Å²) in [5.41, 5.74) is -1.83. The molecule has 3 rings (SSSR count). The van der Waals surface area contributed by atoms with Gasteiger partial charge in [-0.25, -0.2) is 0 Å². The van der Waals surface area contributed by atoms with Crippen molar-refractivity contribution < 1.29 is 24.0 Å². The number of benzene rings is 1. The fourth-order valence-electron chi connectivity index (χ4n) is 3.07. The van der Waals surface area contributed by atoms with Gasteiger partial charge in [0, 0.05) is 44.7 Å². The maximum absolute atomic E-state index is 12.0. The largest absolute Gasteiger partial charge is 0.381 e. The Balaban J connectivity index is 2.06. The number of nitro benzene ring substituents is 1. The summed E-state index contributed by atoms with van der Waals surface area (Å²) in [5, 5.41) is 12.4. The van der Waals surface area contributed by atoms with Gasteiger partial charge in [0.2, 0.25) is 0 Å². The normalized spacial score (nSPS) is 17.1. The molecule has 5 N–H and O–H groups in total. The second-order valence-corrected chi connectivity index (χ2v) is 8.18. The molecule has 0 unspecified atom stereocenters. The molecule has 0 aliphatic carbocycles. The van der Waals surface area contributed by atoms with E-state index in [2.05, 4.69) is 15.3 Å². The number of nitrogens with zero attached hydrogens (tertiary/aromatic N) is 1. The summed E-state index contributed by atoms with van der Waals surface area (Å²) in [6.07, 6.45) is 0.106. The number of H-pyrrole nitrogens is 2. The van der Waals surface area contributed by atoms with Crippen LogP contribution in [0.5, 0.6) is 0 Å². The molecule has 1 aromatic carbocycles. The van der Waals surface area contributed by atoms with Gasteiger partial charge in [-0.1, -0.05) is 0 Å². The highest BCUT2D eigenvalue weighted by Crippen LogP contribution is 2.54. The van der Waals surface area contributed by atoms with E-state index in [1.807, 2.05) is 0 Å². The van der Waals surface area contributed by atoms with Crippen LogP contribution in [0.2, 0.25) is 0 Å². The van der Waals surface area contributed by atoms with Crippen LogP contribution in [0.1, 0.15) is 18.4 Å². The number of ether oxygens (including phenoxy) is 1. The van der Waals surface area contributed by atoms with Crippen LogP contribution in [-0.2, 0) is 15.8 Å². The van der Waals surface area contributed by atoms with Gasteiger partial charge in [0.1, 0.15) is 5.28 Å². The maximum atomic E-state index is 12.0. The Morgan fingerprint density at radius 1 is 1.22 bits per heavy atom. The molecule has 13 heteroatoms. The second kappa shape index (κ2) is 6.98. The van der Waals surface area contributed by atoms with E-state index in [9.17, 15) is 34.1 Å². The monoisotopic (exact) mass is 400 g/mol. The highest BCUT2D eigenvalue weighted by atomic mass is 31.2. The first kappa shape index (κ1) is 19.4. The van der Waals surface area contributed by atoms with E-state index in [1.54, 1.807) is 0 Å². The highest BCUT2D eigenvalue weighted by molar-refractivity contribution is 7.53. The summed E-state index contributed by atoms with van der Waals surface area (Å²) in [4.78, 5) is 57.8. The molecule has 27 heavy (non-hydrogen) atoms. The van der Waals surface area contributed by atoms with Gasteiger partial charge >= 0.3 is 18.7 Å². The lowest BCUT2D eigenvalue weighted by atomic mass is 10.1. The van der Waals surface area contributed by atoms with Crippen molar-refractivity contribution in [3.05, 3.63) is 48.5 Å². The fourth-order valence-corrected chi connectivity index (χ4v) is 4.12. The molecule has 146 valence electrons. The minimum Gasteiger partial charge on any atom is -0.381 e. The van der Waals surface area contributed by atoms with Crippen molar-refractivity contribution in [2.24, 2.45) is 0 Å². The fraction of sp³-hybridized carbons (Fsp3) is 0.429. The smallest absolute Gasteiger partial charge is 0.345 e. The lowest BCUT2D eigenvalue weighted by Crippen LogP contribution is -2.48. The van der Waals surface area contributed by atoms with E-state index in [1.165, 1.54) is 6.07 Å². The molecular weight excluding hydrogens is 383 g/mol. The third kappa shape index (κ3) is 3.70. The number of hydrogen-bond donors (Lipinski definition) is 5. The summed E-state index contributed by atoms with van der Waals surface area (Å²) < 4.78 is 17.2. The van der Waals surface area contributed by atoms with Crippen molar-refractivity contribution in [2.75, 3.05) is 13.2 Å². The van der Waals surface area contributed by atoms with Crippen LogP contribution < -0.4 is 16.4 Å². The number of nitro groups is 1. The Labute approximate surface area is 150 Å². The minimum absolute atomic E-state index is 0.0443. The van der Waals surface area contributed by atoms with Gasteiger partial charge in [0.05, 0.1) is 16.0 Å². The summed E-state index contributed by atoms with van der Waals surface area (Å²) in [5.74, 6) is 0. The molecule has 0 spiro atoms. The van der Waals surface area contributed by atoms with Crippen LogP contribution in [0.3, 0.4) is 0 Å². The quantitative estimate of drug-likeness (QED) is 0.197. The Morgan fingerprint density at radius 2 is 1.85 bits per heavy atom. The predicted octanol–water partition coefficient (Wildman–Crippen LogP) is -0.101. The van der Waals surface area contributed by atoms with E-state index in [0.717, 1.165) is 6.07 Å². The Bertz CT molecular complexity index is 1050. The first-order chi connectivity index (χ1) is 12.6. The molecule has 2 aromatic rings. The molecule has 0 saturated carbocycles. The molecule has 2 heterocycles. The Kier molecular flexibility index (Phi) is 5.02. The first-order valence-electron chi connectivity index (χ1n) is 7.95. The van der Waals surface area contributed by atoms with Crippen LogP contribution in [0.15, 0.2) is 21.7 Å². The SMILES string of the molecule is O=c1[nH]c2cc([N+](=O)[O-])cc(CNC3(P(=O)(O)O)CCOCC3)c2[nH]c1=O. The number of hydrogen-bond acceptors (Lipinski definition) is 7. The molecule has 0 atom stereocenters. The van der Waals surface area contributed by atoms with Gasteiger partial charge in [-0.2, -0.15) is 0 Å². The molecule has 0 radical (unpaired) electrons. The number of non-ortho nitro benzene ring substituents is 1. The van der Waals surface area contributed by atoms with Crippen molar-refractivity contribution in [2.45, 2.75) is 24.7 Å². The second-order valence-electron chi connectivity index (χ2n) is 6.23. The lowest BCUT2D eigenvalue weighted by Gasteiger charge is -2.38. The van der Waals surface area contributed by atoms with Crippen molar-refractivity contribution in [1.29, 1.82) is 0 Å². The highest BCUT2D eigenvalue weighted by Gasteiger charge is 2.47. The number of aromatic amines is 2. The van der Waals surface area contributed by atoms with Crippen LogP contribution in [0, 0.1) is 10.1 Å². The molecule has 1 saturated heterocycles. The molecule has 1 aromatic heterocycles. The number of aromatic nitrogens is 2. The van der Waals surface area contributed by atoms with Gasteiger partial charge in [0.25, 0.3) is 5.69 Å². The summed E-state index contributed by atoms with van der Waals surface area (Å²) >= 11 is 0. The van der Waals surface area contributed by atoms with Crippen LogP contribution in [-0.4, -0.2) is 43.2 Å². The summed E-state index contributed by atoms with van der Waals surface area (Å²) in [7, 11) is -4.57. The maximum Gasteiger partial charge on any atom is 0.345 e. The van der Waals surface area contributed by atoms with Gasteiger partial charge in [-0.05, 0) is 5.56 Å².